The number of nitrogens with one attached hydrogen (secondary N) is 1. The Morgan fingerprint density at radius 2 is 2.33 bits per heavy atom. The van der Waals surface area contributed by atoms with Crippen molar-refractivity contribution in [2.24, 2.45) is 0 Å². The summed E-state index contributed by atoms with van der Waals surface area (Å²) < 4.78 is 0. The molecule has 0 spiro atoms. The SMILES string of the molecule is CN(CC(=O)NC1(CO)CC1)c1ccc(Cl)cn1. The van der Waals surface area contributed by atoms with Crippen molar-refractivity contribution in [3.8, 4) is 0 Å². The van der Waals surface area contributed by atoms with Crippen molar-refractivity contribution in [2.75, 3.05) is 25.1 Å². The molecule has 1 heterocycles. The number of halogens is 1. The van der Waals surface area contributed by atoms with Gasteiger partial charge in [0.15, 0.2) is 0 Å². The van der Waals surface area contributed by atoms with E-state index in [-0.39, 0.29) is 24.6 Å². The Kier molecular flexibility index (Phi) is 3.73. The van der Waals surface area contributed by atoms with Crippen molar-refractivity contribution < 1.29 is 9.90 Å². The van der Waals surface area contributed by atoms with Crippen molar-refractivity contribution >= 4 is 23.3 Å². The van der Waals surface area contributed by atoms with Gasteiger partial charge in [-0.25, -0.2) is 4.98 Å². The number of carbonyl (C=O) groups is 1. The molecule has 0 unspecified atom stereocenters. The van der Waals surface area contributed by atoms with Crippen molar-refractivity contribution in [3.63, 3.8) is 0 Å². The maximum Gasteiger partial charge on any atom is 0.240 e. The molecule has 0 aliphatic heterocycles. The average molecular weight is 270 g/mol. The first-order chi connectivity index (χ1) is 8.54. The van der Waals surface area contributed by atoms with Crippen LogP contribution in [0.1, 0.15) is 12.8 Å². The van der Waals surface area contributed by atoms with Crippen molar-refractivity contribution in [1.29, 1.82) is 0 Å². The molecule has 2 rings (SSSR count). The van der Waals surface area contributed by atoms with E-state index in [9.17, 15) is 4.79 Å². The number of likely N-dealkylation sites (N-methyl/N-ethyl adjacent to an activating group) is 1. The Balaban J connectivity index is 1.89. The Morgan fingerprint density at radius 3 is 2.83 bits per heavy atom. The minimum absolute atomic E-state index is 0.00164. The van der Waals surface area contributed by atoms with Crippen LogP contribution in [-0.2, 0) is 4.79 Å². The van der Waals surface area contributed by atoms with Gasteiger partial charge in [0.2, 0.25) is 5.91 Å². The number of hydrogen-bond acceptors (Lipinski definition) is 4. The second-order valence-corrected chi connectivity index (χ2v) is 5.11. The molecule has 1 aliphatic carbocycles. The predicted octanol–water partition coefficient (Wildman–Crippen LogP) is 0.812. The lowest BCUT2D eigenvalue weighted by molar-refractivity contribution is -0.121. The molecule has 1 aromatic rings. The summed E-state index contributed by atoms with van der Waals surface area (Å²) in [6, 6.07) is 3.49. The fraction of sp³-hybridized carbons (Fsp3) is 0.500. The number of carbonyl (C=O) groups excluding carboxylic acids is 1. The molecular formula is C12H16ClN3O2. The molecule has 1 aliphatic rings. The summed E-state index contributed by atoms with van der Waals surface area (Å²) in [5, 5.41) is 12.5. The highest BCUT2D eigenvalue weighted by molar-refractivity contribution is 6.30. The molecule has 6 heteroatoms. The largest absolute Gasteiger partial charge is 0.394 e. The smallest absolute Gasteiger partial charge is 0.240 e. The maximum absolute atomic E-state index is 11.8. The van der Waals surface area contributed by atoms with Crippen LogP contribution < -0.4 is 10.2 Å². The van der Waals surface area contributed by atoms with Gasteiger partial charge >= 0.3 is 0 Å². The second-order valence-electron chi connectivity index (χ2n) is 4.68. The predicted molar refractivity (Wildman–Crippen MR) is 69.7 cm³/mol. The number of pyridine rings is 1. The Labute approximate surface area is 111 Å². The molecule has 1 aromatic heterocycles. The van der Waals surface area contributed by atoms with Crippen molar-refractivity contribution in [1.82, 2.24) is 10.3 Å². The molecule has 98 valence electrons. The lowest BCUT2D eigenvalue weighted by Crippen LogP contribution is -2.44. The molecule has 0 aromatic carbocycles. The van der Waals surface area contributed by atoms with Gasteiger partial charge in [-0.15, -0.1) is 0 Å². The Morgan fingerprint density at radius 1 is 1.61 bits per heavy atom. The van der Waals surface area contributed by atoms with E-state index < -0.39 is 0 Å². The second kappa shape index (κ2) is 5.12. The number of rotatable bonds is 5. The van der Waals surface area contributed by atoms with Crippen LogP contribution >= 0.6 is 11.6 Å². The van der Waals surface area contributed by atoms with Gasteiger partial charge in [0.1, 0.15) is 5.82 Å². The van der Waals surface area contributed by atoms with Crippen LogP contribution in [0.3, 0.4) is 0 Å². The maximum atomic E-state index is 11.8. The monoisotopic (exact) mass is 269 g/mol. The van der Waals surface area contributed by atoms with Gasteiger partial charge in [-0.1, -0.05) is 11.6 Å². The molecule has 0 bridgehead atoms. The standard InChI is InChI=1S/C12H16ClN3O2/c1-16(10-3-2-9(13)6-14-10)7-11(18)15-12(8-17)4-5-12/h2-3,6,17H,4-5,7-8H2,1H3,(H,15,18). The van der Waals surface area contributed by atoms with Gasteiger partial charge in [0.25, 0.3) is 0 Å². The van der Waals surface area contributed by atoms with E-state index in [0.29, 0.717) is 10.8 Å². The lowest BCUT2D eigenvalue weighted by Gasteiger charge is -2.20. The lowest BCUT2D eigenvalue weighted by atomic mass is 10.3. The summed E-state index contributed by atoms with van der Waals surface area (Å²) in [6.45, 7) is 0.206. The van der Waals surface area contributed by atoms with Gasteiger partial charge < -0.3 is 15.3 Å². The number of aliphatic hydroxyl groups is 1. The van der Waals surface area contributed by atoms with Gasteiger partial charge in [0, 0.05) is 13.2 Å². The quantitative estimate of drug-likeness (QED) is 0.830. The fourth-order valence-electron chi connectivity index (χ4n) is 1.70. The van der Waals surface area contributed by atoms with Crippen LogP contribution in [0, 0.1) is 0 Å². The van der Waals surface area contributed by atoms with Crippen LogP contribution in [0.5, 0.6) is 0 Å². The van der Waals surface area contributed by atoms with Crippen LogP contribution in [0.15, 0.2) is 18.3 Å². The third-order valence-electron chi connectivity index (χ3n) is 3.04. The number of hydrogen-bond donors (Lipinski definition) is 2. The molecule has 2 N–H and O–H groups in total. The molecular weight excluding hydrogens is 254 g/mol. The summed E-state index contributed by atoms with van der Waals surface area (Å²) in [6.07, 6.45) is 3.23. The highest BCUT2D eigenvalue weighted by Crippen LogP contribution is 2.34. The number of aromatic nitrogens is 1. The zero-order valence-corrected chi connectivity index (χ0v) is 10.9. The van der Waals surface area contributed by atoms with E-state index in [1.54, 1.807) is 30.3 Å². The topological polar surface area (TPSA) is 65.5 Å². The van der Waals surface area contributed by atoms with Gasteiger partial charge in [-0.3, -0.25) is 4.79 Å². The van der Waals surface area contributed by atoms with Crippen LogP contribution in [0.4, 0.5) is 5.82 Å². The molecule has 0 radical (unpaired) electrons. The molecule has 1 saturated carbocycles. The van der Waals surface area contributed by atoms with Crippen LogP contribution in [-0.4, -0.2) is 41.7 Å². The van der Waals surface area contributed by atoms with E-state index in [0.717, 1.165) is 12.8 Å². The van der Waals surface area contributed by atoms with Crippen molar-refractivity contribution in [3.05, 3.63) is 23.4 Å². The molecule has 5 nitrogen and oxygen atoms in total. The zero-order valence-electron chi connectivity index (χ0n) is 10.2. The summed E-state index contributed by atoms with van der Waals surface area (Å²) >= 11 is 5.75. The molecule has 18 heavy (non-hydrogen) atoms. The first-order valence-electron chi connectivity index (χ1n) is 5.79. The third-order valence-corrected chi connectivity index (χ3v) is 3.27. The minimum atomic E-state index is -0.370. The normalized spacial score (nSPS) is 16.2. The number of nitrogens with zero attached hydrogens (tertiary/aromatic N) is 2. The Bertz CT molecular complexity index is 431. The van der Waals surface area contributed by atoms with E-state index in [4.69, 9.17) is 16.7 Å². The highest BCUT2D eigenvalue weighted by atomic mass is 35.5. The highest BCUT2D eigenvalue weighted by Gasteiger charge is 2.43. The molecule has 1 fully saturated rings. The molecule has 0 atom stereocenters. The summed E-state index contributed by atoms with van der Waals surface area (Å²) in [7, 11) is 1.79. The zero-order chi connectivity index (χ0) is 13.2. The van der Waals surface area contributed by atoms with Crippen LogP contribution in [0.25, 0.3) is 0 Å². The Hall–Kier alpha value is -1.33. The molecule has 1 amide bonds. The summed E-state index contributed by atoms with van der Waals surface area (Å²) in [4.78, 5) is 17.7. The van der Waals surface area contributed by atoms with E-state index in [1.807, 2.05) is 0 Å². The van der Waals surface area contributed by atoms with Gasteiger partial charge in [-0.05, 0) is 25.0 Å². The third kappa shape index (κ3) is 3.11. The molecule has 0 saturated heterocycles. The summed E-state index contributed by atoms with van der Waals surface area (Å²) in [5.74, 6) is 0.573. The van der Waals surface area contributed by atoms with Crippen molar-refractivity contribution in [2.45, 2.75) is 18.4 Å². The van der Waals surface area contributed by atoms with E-state index in [2.05, 4.69) is 10.3 Å². The fourth-order valence-corrected chi connectivity index (χ4v) is 1.81. The van der Waals surface area contributed by atoms with E-state index in [1.165, 1.54) is 0 Å². The van der Waals surface area contributed by atoms with E-state index >= 15 is 0 Å². The number of anilines is 1. The first-order valence-corrected chi connectivity index (χ1v) is 6.17. The number of aliphatic hydroxyl groups excluding tert-OH is 1. The summed E-state index contributed by atoms with van der Waals surface area (Å²) in [5.41, 5.74) is -0.370. The van der Waals surface area contributed by atoms with Gasteiger partial charge in [0.05, 0.1) is 23.7 Å². The first kappa shape index (κ1) is 13.1. The number of amides is 1. The average Bonchev–Trinajstić information content (AvgIpc) is 3.10. The van der Waals surface area contributed by atoms with Gasteiger partial charge in [-0.2, -0.15) is 0 Å². The minimum Gasteiger partial charge on any atom is -0.394 e. The van der Waals surface area contributed by atoms with Crippen LogP contribution in [0.2, 0.25) is 5.02 Å².